The van der Waals surface area contributed by atoms with Crippen molar-refractivity contribution in [1.82, 2.24) is 0 Å². The number of nitrogens with zero attached hydrogens (tertiary/aromatic N) is 1. The van der Waals surface area contributed by atoms with E-state index in [0.29, 0.717) is 0 Å². The Morgan fingerprint density at radius 2 is 1.82 bits per heavy atom. The Bertz CT molecular complexity index is 415. The summed E-state index contributed by atoms with van der Waals surface area (Å²) in [5, 5.41) is 3.51. The number of amidine groups is 1. The second-order valence-electron chi connectivity index (χ2n) is 4.68. The van der Waals surface area contributed by atoms with Gasteiger partial charge in [0.25, 0.3) is 0 Å². The van der Waals surface area contributed by atoms with Crippen molar-refractivity contribution in [3.05, 3.63) is 27.7 Å². The number of halogens is 1. The smallest absolute Gasteiger partial charge is 0.101 e. The summed E-state index contributed by atoms with van der Waals surface area (Å²) >= 11 is 3.53. The van der Waals surface area contributed by atoms with Gasteiger partial charge in [-0.05, 0) is 49.9 Å². The number of benzene rings is 1. The van der Waals surface area contributed by atoms with Gasteiger partial charge in [0.15, 0.2) is 0 Å². The predicted molar refractivity (Wildman–Crippen MR) is 78.0 cm³/mol. The normalized spacial score (nSPS) is 16.3. The van der Waals surface area contributed by atoms with Crippen LogP contribution in [0.15, 0.2) is 21.6 Å². The molecule has 92 valence electrons. The van der Waals surface area contributed by atoms with Gasteiger partial charge < -0.3 is 5.32 Å². The van der Waals surface area contributed by atoms with Gasteiger partial charge in [-0.3, -0.25) is 4.99 Å². The van der Waals surface area contributed by atoms with E-state index in [4.69, 9.17) is 0 Å². The van der Waals surface area contributed by atoms with E-state index in [0.717, 1.165) is 23.3 Å². The lowest BCUT2D eigenvalue weighted by molar-refractivity contribution is 0.731. The lowest BCUT2D eigenvalue weighted by Gasteiger charge is -2.14. The summed E-state index contributed by atoms with van der Waals surface area (Å²) in [7, 11) is 0. The Morgan fingerprint density at radius 1 is 1.12 bits per heavy atom. The van der Waals surface area contributed by atoms with Gasteiger partial charge in [-0.1, -0.05) is 22.4 Å². The highest BCUT2D eigenvalue weighted by atomic mass is 79.9. The molecule has 0 atom stereocenters. The molecule has 1 aromatic rings. The van der Waals surface area contributed by atoms with E-state index >= 15 is 0 Å². The van der Waals surface area contributed by atoms with E-state index < -0.39 is 0 Å². The number of hydrogen-bond acceptors (Lipinski definition) is 2. The Morgan fingerprint density at radius 3 is 2.53 bits per heavy atom. The molecule has 0 radical (unpaired) electrons. The van der Waals surface area contributed by atoms with Crippen LogP contribution in [0.2, 0.25) is 0 Å². The Labute approximate surface area is 112 Å². The monoisotopic (exact) mass is 294 g/mol. The largest absolute Gasteiger partial charge is 0.344 e. The van der Waals surface area contributed by atoms with Crippen LogP contribution >= 0.6 is 15.9 Å². The van der Waals surface area contributed by atoms with Gasteiger partial charge in [0.1, 0.15) is 5.84 Å². The van der Waals surface area contributed by atoms with E-state index in [2.05, 4.69) is 52.2 Å². The summed E-state index contributed by atoms with van der Waals surface area (Å²) in [6.45, 7) is 5.24. The zero-order chi connectivity index (χ0) is 12.3. The van der Waals surface area contributed by atoms with Gasteiger partial charge in [0, 0.05) is 23.1 Å². The quantitative estimate of drug-likeness (QED) is 0.813. The van der Waals surface area contributed by atoms with E-state index in [9.17, 15) is 0 Å². The van der Waals surface area contributed by atoms with E-state index in [1.807, 2.05) is 0 Å². The Hall–Kier alpha value is -0.830. The van der Waals surface area contributed by atoms with Crippen molar-refractivity contribution < 1.29 is 0 Å². The average Bonchev–Trinajstić information content (AvgIpc) is 2.51. The molecule has 0 bridgehead atoms. The fourth-order valence-electron chi connectivity index (χ4n) is 2.23. The fourth-order valence-corrected chi connectivity index (χ4v) is 2.92. The number of nitrogens with one attached hydrogen (secondary N) is 1. The molecular formula is C14H19BrN2. The summed E-state index contributed by atoms with van der Waals surface area (Å²) in [6, 6.07) is 4.29. The van der Waals surface area contributed by atoms with Crippen molar-refractivity contribution >= 4 is 27.5 Å². The number of anilines is 1. The molecule has 0 fully saturated rings. The van der Waals surface area contributed by atoms with Crippen LogP contribution in [0.25, 0.3) is 0 Å². The summed E-state index contributed by atoms with van der Waals surface area (Å²) in [5.41, 5.74) is 3.75. The Balaban J connectivity index is 2.20. The van der Waals surface area contributed by atoms with Crippen LogP contribution in [0.3, 0.4) is 0 Å². The summed E-state index contributed by atoms with van der Waals surface area (Å²) in [6.07, 6.45) is 4.85. The third-order valence-corrected chi connectivity index (χ3v) is 3.60. The average molecular weight is 295 g/mol. The maximum absolute atomic E-state index is 4.62. The molecular weight excluding hydrogens is 276 g/mol. The van der Waals surface area contributed by atoms with Gasteiger partial charge >= 0.3 is 0 Å². The first-order valence-corrected chi connectivity index (χ1v) is 7.03. The molecule has 0 aromatic heterocycles. The topological polar surface area (TPSA) is 24.4 Å². The number of aryl methyl sites for hydroxylation is 2. The zero-order valence-electron chi connectivity index (χ0n) is 10.5. The first-order chi connectivity index (χ1) is 8.16. The van der Waals surface area contributed by atoms with E-state index in [1.165, 1.54) is 36.1 Å². The molecule has 17 heavy (non-hydrogen) atoms. The molecule has 2 rings (SSSR count). The van der Waals surface area contributed by atoms with Crippen molar-refractivity contribution in [3.8, 4) is 0 Å². The standard InChI is InChI=1S/C14H19BrN2/c1-10-8-12(15)9-11(2)14(10)17-13-6-4-3-5-7-16-13/h8-9H,3-7H2,1-2H3,(H,16,17). The van der Waals surface area contributed by atoms with Gasteiger partial charge in [-0.15, -0.1) is 0 Å². The van der Waals surface area contributed by atoms with Crippen molar-refractivity contribution in [2.24, 2.45) is 4.99 Å². The van der Waals surface area contributed by atoms with Crippen LogP contribution in [0, 0.1) is 13.8 Å². The SMILES string of the molecule is Cc1cc(Br)cc(C)c1NC1=NCCCCC1. The van der Waals surface area contributed by atoms with E-state index in [1.54, 1.807) is 0 Å². The molecule has 0 saturated heterocycles. The Kier molecular flexibility index (Phi) is 4.21. The minimum atomic E-state index is 0.969. The lowest BCUT2D eigenvalue weighted by Crippen LogP contribution is -2.13. The predicted octanol–water partition coefficient (Wildman–Crippen LogP) is 4.45. The minimum absolute atomic E-state index is 0.969. The van der Waals surface area contributed by atoms with Crippen LogP contribution in [0.5, 0.6) is 0 Å². The lowest BCUT2D eigenvalue weighted by atomic mass is 10.1. The highest BCUT2D eigenvalue weighted by Gasteiger charge is 2.08. The molecule has 3 heteroatoms. The third-order valence-electron chi connectivity index (χ3n) is 3.14. The summed E-state index contributed by atoms with van der Waals surface area (Å²) < 4.78 is 1.14. The first-order valence-electron chi connectivity index (χ1n) is 6.24. The highest BCUT2D eigenvalue weighted by Crippen LogP contribution is 2.25. The first kappa shape index (κ1) is 12.6. The van der Waals surface area contributed by atoms with Crippen molar-refractivity contribution in [3.63, 3.8) is 0 Å². The van der Waals surface area contributed by atoms with Crippen LogP contribution in [-0.4, -0.2) is 12.4 Å². The molecule has 1 aliphatic rings. The highest BCUT2D eigenvalue weighted by molar-refractivity contribution is 9.10. The van der Waals surface area contributed by atoms with Gasteiger partial charge in [0.05, 0.1) is 0 Å². The second-order valence-corrected chi connectivity index (χ2v) is 5.59. The third kappa shape index (κ3) is 3.32. The van der Waals surface area contributed by atoms with Crippen LogP contribution in [0.4, 0.5) is 5.69 Å². The molecule has 1 aromatic carbocycles. The van der Waals surface area contributed by atoms with Gasteiger partial charge in [0.2, 0.25) is 0 Å². The van der Waals surface area contributed by atoms with Crippen molar-refractivity contribution in [1.29, 1.82) is 0 Å². The summed E-state index contributed by atoms with van der Waals surface area (Å²) in [5.74, 6) is 1.15. The van der Waals surface area contributed by atoms with Gasteiger partial charge in [-0.2, -0.15) is 0 Å². The maximum atomic E-state index is 4.62. The maximum Gasteiger partial charge on any atom is 0.101 e. The summed E-state index contributed by atoms with van der Waals surface area (Å²) in [4.78, 5) is 4.62. The fraction of sp³-hybridized carbons (Fsp3) is 0.500. The van der Waals surface area contributed by atoms with Crippen molar-refractivity contribution in [2.75, 3.05) is 11.9 Å². The van der Waals surface area contributed by atoms with Crippen LogP contribution < -0.4 is 5.32 Å². The molecule has 0 unspecified atom stereocenters. The second kappa shape index (κ2) is 5.67. The van der Waals surface area contributed by atoms with Crippen LogP contribution in [-0.2, 0) is 0 Å². The van der Waals surface area contributed by atoms with E-state index in [-0.39, 0.29) is 0 Å². The minimum Gasteiger partial charge on any atom is -0.344 e. The molecule has 0 spiro atoms. The molecule has 0 saturated carbocycles. The van der Waals surface area contributed by atoms with Gasteiger partial charge in [-0.25, -0.2) is 0 Å². The zero-order valence-corrected chi connectivity index (χ0v) is 12.1. The number of rotatable bonds is 1. The van der Waals surface area contributed by atoms with Crippen molar-refractivity contribution in [2.45, 2.75) is 39.5 Å². The van der Waals surface area contributed by atoms with Crippen LogP contribution in [0.1, 0.15) is 36.8 Å². The number of aliphatic imine (C=N–C) groups is 1. The molecule has 1 N–H and O–H groups in total. The molecule has 1 heterocycles. The molecule has 0 amide bonds. The number of hydrogen-bond donors (Lipinski definition) is 1. The molecule has 1 aliphatic heterocycles. The molecule has 0 aliphatic carbocycles. The molecule has 2 nitrogen and oxygen atoms in total.